The highest BCUT2D eigenvalue weighted by Crippen LogP contribution is 2.17. The smallest absolute Gasteiger partial charge is 0.261 e. The Morgan fingerprint density at radius 2 is 1.83 bits per heavy atom. The van der Waals surface area contributed by atoms with Gasteiger partial charge in [0.05, 0.1) is 0 Å². The Morgan fingerprint density at radius 1 is 1.14 bits per heavy atom. The average Bonchev–Trinajstić information content (AvgIpc) is 2.72. The summed E-state index contributed by atoms with van der Waals surface area (Å²) < 4.78 is 5.72. The molecule has 0 aliphatic carbocycles. The highest BCUT2D eigenvalue weighted by molar-refractivity contribution is 6.30. The van der Waals surface area contributed by atoms with E-state index in [0.717, 1.165) is 24.0 Å². The molecule has 0 saturated heterocycles. The van der Waals surface area contributed by atoms with Crippen LogP contribution in [0.15, 0.2) is 48.5 Å². The number of rotatable bonds is 10. The van der Waals surface area contributed by atoms with Gasteiger partial charge in [0, 0.05) is 18.1 Å². The number of para-hydroxylation sites is 1. The summed E-state index contributed by atoms with van der Waals surface area (Å²) in [5.41, 5.74) is 1.85. The first kappa shape index (κ1) is 22.8. The second kappa shape index (κ2) is 11.5. The van der Waals surface area contributed by atoms with Crippen LogP contribution in [0.4, 0.5) is 0 Å². The quantitative estimate of drug-likeness (QED) is 0.585. The molecule has 0 unspecified atom stereocenters. The van der Waals surface area contributed by atoms with Gasteiger partial charge in [-0.3, -0.25) is 9.59 Å². The molecule has 0 radical (unpaired) electrons. The van der Waals surface area contributed by atoms with Crippen LogP contribution in [-0.2, 0) is 16.1 Å². The van der Waals surface area contributed by atoms with E-state index < -0.39 is 6.04 Å². The summed E-state index contributed by atoms with van der Waals surface area (Å²) >= 11 is 5.96. The number of carbonyl (C=O) groups excluding carboxylic acids is 2. The van der Waals surface area contributed by atoms with Crippen molar-refractivity contribution < 1.29 is 14.3 Å². The Kier molecular flexibility index (Phi) is 9.00. The van der Waals surface area contributed by atoms with Gasteiger partial charge in [0.1, 0.15) is 11.8 Å². The zero-order valence-corrected chi connectivity index (χ0v) is 18.0. The van der Waals surface area contributed by atoms with E-state index in [4.69, 9.17) is 16.3 Å². The molecule has 0 saturated carbocycles. The number of hydrogen-bond acceptors (Lipinski definition) is 3. The molecule has 29 heavy (non-hydrogen) atoms. The fraction of sp³-hybridized carbons (Fsp3) is 0.391. The first-order valence-corrected chi connectivity index (χ1v) is 10.3. The van der Waals surface area contributed by atoms with Crippen LogP contribution in [0.1, 0.15) is 37.8 Å². The second-order valence-electron chi connectivity index (χ2n) is 7.02. The van der Waals surface area contributed by atoms with Gasteiger partial charge in [-0.25, -0.2) is 0 Å². The molecule has 0 heterocycles. The van der Waals surface area contributed by atoms with Crippen LogP contribution >= 0.6 is 11.6 Å². The molecule has 0 aromatic heterocycles. The zero-order chi connectivity index (χ0) is 21.2. The van der Waals surface area contributed by atoms with Gasteiger partial charge in [0.25, 0.3) is 5.91 Å². The molecule has 5 nitrogen and oxygen atoms in total. The number of halogens is 1. The van der Waals surface area contributed by atoms with Crippen molar-refractivity contribution in [3.63, 3.8) is 0 Å². The van der Waals surface area contributed by atoms with E-state index in [-0.39, 0.29) is 18.4 Å². The summed E-state index contributed by atoms with van der Waals surface area (Å²) in [6.07, 6.45) is 1.90. The van der Waals surface area contributed by atoms with Crippen LogP contribution in [0, 0.1) is 6.92 Å². The van der Waals surface area contributed by atoms with Crippen LogP contribution < -0.4 is 10.1 Å². The standard InChI is InChI=1S/C23H29ClN2O3/c1-4-5-14-25-23(28)18(3)26(15-19-10-12-20(24)13-11-19)22(27)16-29-21-9-7-6-8-17(21)2/h6-13,18H,4-5,14-16H2,1-3H3,(H,25,28)/t18-/m0/s1. The van der Waals surface area contributed by atoms with E-state index in [1.807, 2.05) is 43.3 Å². The predicted molar refractivity (Wildman–Crippen MR) is 116 cm³/mol. The molecule has 1 atom stereocenters. The Balaban J connectivity index is 2.11. The summed E-state index contributed by atoms with van der Waals surface area (Å²) in [7, 11) is 0. The van der Waals surface area contributed by atoms with E-state index in [2.05, 4.69) is 12.2 Å². The molecule has 0 bridgehead atoms. The lowest BCUT2D eigenvalue weighted by Gasteiger charge is -2.29. The van der Waals surface area contributed by atoms with E-state index in [9.17, 15) is 9.59 Å². The van der Waals surface area contributed by atoms with E-state index in [1.54, 1.807) is 24.0 Å². The van der Waals surface area contributed by atoms with Crippen molar-refractivity contribution in [2.45, 2.75) is 46.2 Å². The van der Waals surface area contributed by atoms with E-state index in [1.165, 1.54) is 0 Å². The zero-order valence-electron chi connectivity index (χ0n) is 17.3. The lowest BCUT2D eigenvalue weighted by Crippen LogP contribution is -2.49. The van der Waals surface area contributed by atoms with Crippen LogP contribution in [0.3, 0.4) is 0 Å². The van der Waals surface area contributed by atoms with Gasteiger partial charge in [0.2, 0.25) is 5.91 Å². The van der Waals surface area contributed by atoms with Gasteiger partial charge in [-0.05, 0) is 49.6 Å². The van der Waals surface area contributed by atoms with Gasteiger partial charge in [-0.15, -0.1) is 0 Å². The number of ether oxygens (including phenoxy) is 1. The van der Waals surface area contributed by atoms with Crippen molar-refractivity contribution in [1.29, 1.82) is 0 Å². The SMILES string of the molecule is CCCCNC(=O)[C@H](C)N(Cc1ccc(Cl)cc1)C(=O)COc1ccccc1C. The third-order valence-electron chi connectivity index (χ3n) is 4.71. The molecule has 156 valence electrons. The fourth-order valence-electron chi connectivity index (χ4n) is 2.85. The van der Waals surface area contributed by atoms with Crippen molar-refractivity contribution in [3.05, 3.63) is 64.7 Å². The van der Waals surface area contributed by atoms with Crippen LogP contribution in [0.2, 0.25) is 5.02 Å². The molecular weight excluding hydrogens is 388 g/mol. The average molecular weight is 417 g/mol. The Morgan fingerprint density at radius 3 is 2.48 bits per heavy atom. The third kappa shape index (κ3) is 7.09. The monoisotopic (exact) mass is 416 g/mol. The number of hydrogen-bond donors (Lipinski definition) is 1. The second-order valence-corrected chi connectivity index (χ2v) is 7.46. The van der Waals surface area contributed by atoms with Crippen LogP contribution in [0.25, 0.3) is 0 Å². The first-order valence-electron chi connectivity index (χ1n) is 9.92. The molecule has 0 fully saturated rings. The number of unbranched alkanes of at least 4 members (excludes halogenated alkanes) is 1. The van der Waals surface area contributed by atoms with Gasteiger partial charge >= 0.3 is 0 Å². The van der Waals surface area contributed by atoms with Gasteiger partial charge < -0.3 is 15.0 Å². The van der Waals surface area contributed by atoms with Gasteiger partial charge in [0.15, 0.2) is 6.61 Å². The number of carbonyl (C=O) groups is 2. The van der Waals surface area contributed by atoms with Crippen molar-refractivity contribution >= 4 is 23.4 Å². The Bertz CT molecular complexity index is 808. The maximum atomic E-state index is 13.0. The first-order chi connectivity index (χ1) is 13.9. The Hall–Kier alpha value is -2.53. The van der Waals surface area contributed by atoms with Gasteiger partial charge in [-0.1, -0.05) is 55.3 Å². The maximum Gasteiger partial charge on any atom is 0.261 e. The molecule has 2 amide bonds. The summed E-state index contributed by atoms with van der Waals surface area (Å²) in [5.74, 6) is 0.241. The number of benzene rings is 2. The summed E-state index contributed by atoms with van der Waals surface area (Å²) in [5, 5.41) is 3.53. The number of nitrogens with zero attached hydrogens (tertiary/aromatic N) is 1. The highest BCUT2D eigenvalue weighted by Gasteiger charge is 2.26. The molecule has 2 aromatic carbocycles. The predicted octanol–water partition coefficient (Wildman–Crippen LogP) is 4.36. The number of amides is 2. The van der Waals surface area contributed by atoms with Gasteiger partial charge in [-0.2, -0.15) is 0 Å². The molecule has 1 N–H and O–H groups in total. The van der Waals surface area contributed by atoms with E-state index >= 15 is 0 Å². The molecule has 6 heteroatoms. The molecular formula is C23H29ClN2O3. The fourth-order valence-corrected chi connectivity index (χ4v) is 2.97. The lowest BCUT2D eigenvalue weighted by molar-refractivity contribution is -0.142. The van der Waals surface area contributed by atoms with E-state index in [0.29, 0.717) is 23.9 Å². The lowest BCUT2D eigenvalue weighted by atomic mass is 10.1. The summed E-state index contributed by atoms with van der Waals surface area (Å²) in [4.78, 5) is 27.1. The third-order valence-corrected chi connectivity index (χ3v) is 4.96. The minimum atomic E-state index is -0.615. The molecule has 2 rings (SSSR count). The maximum absolute atomic E-state index is 13.0. The molecule has 0 spiro atoms. The highest BCUT2D eigenvalue weighted by atomic mass is 35.5. The number of aryl methyl sites for hydroxylation is 1. The summed E-state index contributed by atoms with van der Waals surface area (Å²) in [6, 6.07) is 14.2. The molecule has 0 aliphatic rings. The van der Waals surface area contributed by atoms with Crippen molar-refractivity contribution in [3.8, 4) is 5.75 Å². The minimum Gasteiger partial charge on any atom is -0.484 e. The number of nitrogens with one attached hydrogen (secondary N) is 1. The van der Waals surface area contributed by atoms with Crippen molar-refractivity contribution in [2.75, 3.05) is 13.2 Å². The minimum absolute atomic E-state index is 0.134. The normalized spacial score (nSPS) is 11.6. The molecule has 2 aromatic rings. The largest absolute Gasteiger partial charge is 0.484 e. The topological polar surface area (TPSA) is 58.6 Å². The van der Waals surface area contributed by atoms with Crippen LogP contribution in [0.5, 0.6) is 5.75 Å². The van der Waals surface area contributed by atoms with Crippen molar-refractivity contribution in [1.82, 2.24) is 10.2 Å². The summed E-state index contributed by atoms with van der Waals surface area (Å²) in [6.45, 7) is 6.50. The Labute approximate surface area is 178 Å². The van der Waals surface area contributed by atoms with Crippen molar-refractivity contribution in [2.24, 2.45) is 0 Å². The van der Waals surface area contributed by atoms with Crippen LogP contribution in [-0.4, -0.2) is 35.9 Å². The molecule has 0 aliphatic heterocycles.